The van der Waals surface area contributed by atoms with E-state index in [0.717, 1.165) is 29.8 Å². The molecule has 1 fully saturated rings. The van der Waals surface area contributed by atoms with Gasteiger partial charge >= 0.3 is 0 Å². The average molecular weight is 458 g/mol. The molecule has 0 saturated carbocycles. The van der Waals surface area contributed by atoms with E-state index < -0.39 is 11.6 Å². The molecule has 1 N–H and O–H groups in total. The van der Waals surface area contributed by atoms with Crippen LogP contribution < -0.4 is 10.2 Å². The molecule has 9 heteroatoms. The Labute approximate surface area is 190 Å². The normalized spacial score (nSPS) is 13.6. The number of thioether (sulfide) groups is 1. The summed E-state index contributed by atoms with van der Waals surface area (Å²) < 4.78 is 30.9. The van der Waals surface area contributed by atoms with Crippen molar-refractivity contribution in [3.63, 3.8) is 0 Å². The number of anilines is 2. The van der Waals surface area contributed by atoms with Gasteiger partial charge in [0.15, 0.2) is 22.6 Å². The fraction of sp³-hybridized carbons (Fsp3) is 0.348. The number of carbonyl (C=O) groups excluding carboxylic acids is 1. The summed E-state index contributed by atoms with van der Waals surface area (Å²) in [7, 11) is 0. The van der Waals surface area contributed by atoms with Crippen molar-refractivity contribution in [3.8, 4) is 11.4 Å². The number of hydrogen-bond acceptors (Lipinski definition) is 5. The van der Waals surface area contributed by atoms with Crippen LogP contribution in [0.15, 0.2) is 41.6 Å². The minimum Gasteiger partial charge on any atom is -0.367 e. The molecule has 0 spiro atoms. The van der Waals surface area contributed by atoms with Crippen molar-refractivity contribution in [1.29, 1.82) is 0 Å². The third-order valence-corrected chi connectivity index (χ3v) is 6.33. The number of nitrogens with one attached hydrogen (secondary N) is 1. The number of hydrogen-bond donors (Lipinski definition) is 1. The van der Waals surface area contributed by atoms with Gasteiger partial charge in [0.1, 0.15) is 5.69 Å². The van der Waals surface area contributed by atoms with Crippen LogP contribution in [0.25, 0.3) is 11.4 Å². The second-order valence-electron chi connectivity index (χ2n) is 7.74. The van der Waals surface area contributed by atoms with Crippen LogP contribution in [0, 0.1) is 18.6 Å². The predicted octanol–water partition coefficient (Wildman–Crippen LogP) is 4.88. The van der Waals surface area contributed by atoms with E-state index in [9.17, 15) is 13.6 Å². The van der Waals surface area contributed by atoms with Gasteiger partial charge in [-0.25, -0.2) is 8.78 Å². The Balaban J connectivity index is 1.42. The smallest absolute Gasteiger partial charge is 0.234 e. The van der Waals surface area contributed by atoms with Crippen LogP contribution in [0.3, 0.4) is 0 Å². The van der Waals surface area contributed by atoms with Crippen molar-refractivity contribution in [3.05, 3.63) is 53.6 Å². The lowest BCUT2D eigenvalue weighted by Crippen LogP contribution is -2.21. The van der Waals surface area contributed by atoms with E-state index in [-0.39, 0.29) is 23.0 Å². The first-order valence-electron chi connectivity index (χ1n) is 10.6. The van der Waals surface area contributed by atoms with E-state index in [2.05, 4.69) is 15.5 Å². The summed E-state index contributed by atoms with van der Waals surface area (Å²) in [5.74, 6) is -0.915. The van der Waals surface area contributed by atoms with Gasteiger partial charge in [0.2, 0.25) is 5.91 Å². The van der Waals surface area contributed by atoms with E-state index in [1.165, 1.54) is 23.9 Å². The summed E-state index contributed by atoms with van der Waals surface area (Å²) in [6.45, 7) is 5.92. The number of amides is 1. The maximum atomic E-state index is 14.5. The predicted molar refractivity (Wildman–Crippen MR) is 123 cm³/mol. The third kappa shape index (κ3) is 4.77. The lowest BCUT2D eigenvalue weighted by atomic mass is 10.1. The fourth-order valence-electron chi connectivity index (χ4n) is 3.89. The van der Waals surface area contributed by atoms with Gasteiger partial charge in [0, 0.05) is 30.9 Å². The Morgan fingerprint density at radius 2 is 1.84 bits per heavy atom. The zero-order valence-electron chi connectivity index (χ0n) is 18.1. The van der Waals surface area contributed by atoms with Crippen molar-refractivity contribution < 1.29 is 13.6 Å². The summed E-state index contributed by atoms with van der Waals surface area (Å²) in [6.07, 6.45) is 1.84. The van der Waals surface area contributed by atoms with Gasteiger partial charge in [-0.2, -0.15) is 0 Å². The number of aryl methyl sites for hydroxylation is 1. The Bertz CT molecular complexity index is 1100. The number of nitrogens with zero attached hydrogens (tertiary/aromatic N) is 4. The quantitative estimate of drug-likeness (QED) is 0.512. The molecule has 2 aromatic carbocycles. The van der Waals surface area contributed by atoms with Gasteiger partial charge in [-0.15, -0.1) is 10.2 Å². The molecule has 3 aromatic rings. The molecule has 168 valence electrons. The maximum Gasteiger partial charge on any atom is 0.234 e. The topological polar surface area (TPSA) is 63.1 Å². The van der Waals surface area contributed by atoms with Crippen LogP contribution in [0.1, 0.15) is 25.3 Å². The summed E-state index contributed by atoms with van der Waals surface area (Å²) in [5, 5.41) is 11.7. The van der Waals surface area contributed by atoms with Crippen LogP contribution in [0.2, 0.25) is 0 Å². The molecule has 1 aliphatic rings. The third-order valence-electron chi connectivity index (χ3n) is 5.36. The van der Waals surface area contributed by atoms with Crippen molar-refractivity contribution in [2.75, 3.05) is 29.1 Å². The average Bonchev–Trinajstić information content (AvgIpc) is 3.41. The Morgan fingerprint density at radius 1 is 1.12 bits per heavy atom. The monoisotopic (exact) mass is 457 g/mol. The molecule has 6 nitrogen and oxygen atoms in total. The van der Waals surface area contributed by atoms with Crippen LogP contribution >= 0.6 is 11.8 Å². The van der Waals surface area contributed by atoms with Crippen molar-refractivity contribution in [2.24, 2.45) is 0 Å². The highest BCUT2D eigenvalue weighted by atomic mass is 32.2. The van der Waals surface area contributed by atoms with Crippen LogP contribution in [0.4, 0.5) is 20.2 Å². The van der Waals surface area contributed by atoms with Crippen molar-refractivity contribution in [2.45, 2.75) is 38.4 Å². The first-order valence-corrected chi connectivity index (χ1v) is 11.6. The van der Waals surface area contributed by atoms with Gasteiger partial charge in [0.05, 0.1) is 5.75 Å². The number of benzene rings is 2. The van der Waals surface area contributed by atoms with E-state index in [0.29, 0.717) is 24.8 Å². The molecule has 32 heavy (non-hydrogen) atoms. The van der Waals surface area contributed by atoms with Crippen molar-refractivity contribution >= 4 is 29.0 Å². The minimum absolute atomic E-state index is 0.0189. The van der Waals surface area contributed by atoms with E-state index >= 15 is 0 Å². The molecule has 2 heterocycles. The number of carbonyl (C=O) groups is 1. The summed E-state index contributed by atoms with van der Waals surface area (Å²) >= 11 is 1.23. The van der Waals surface area contributed by atoms with E-state index in [1.807, 2.05) is 42.7 Å². The number of rotatable bonds is 7. The molecule has 1 amide bonds. The highest BCUT2D eigenvalue weighted by molar-refractivity contribution is 7.99. The van der Waals surface area contributed by atoms with Crippen LogP contribution in [0.5, 0.6) is 0 Å². The Morgan fingerprint density at radius 3 is 2.50 bits per heavy atom. The van der Waals surface area contributed by atoms with E-state index in [1.54, 1.807) is 4.90 Å². The van der Waals surface area contributed by atoms with E-state index in [4.69, 9.17) is 0 Å². The Hall–Kier alpha value is -2.94. The molecule has 0 atom stereocenters. The first kappa shape index (κ1) is 22.3. The number of aromatic nitrogens is 3. The maximum absolute atomic E-state index is 14.5. The number of halogens is 2. The fourth-order valence-corrected chi connectivity index (χ4v) is 4.69. The molecule has 0 radical (unpaired) electrons. The SMILES string of the molecule is CCn1c(SCC(=O)Nc2cc(F)c(N3CCCC3)c(F)c2)nnc1-c1cccc(C)c1. The van der Waals surface area contributed by atoms with Gasteiger partial charge in [-0.1, -0.05) is 35.5 Å². The second-order valence-corrected chi connectivity index (χ2v) is 8.68. The molecule has 1 aliphatic heterocycles. The summed E-state index contributed by atoms with van der Waals surface area (Å²) in [5.41, 5.74) is 2.16. The lowest BCUT2D eigenvalue weighted by Gasteiger charge is -2.19. The highest BCUT2D eigenvalue weighted by Gasteiger charge is 2.22. The van der Waals surface area contributed by atoms with Crippen LogP contribution in [-0.2, 0) is 11.3 Å². The molecule has 1 aromatic heterocycles. The molecular weight excluding hydrogens is 432 g/mol. The standard InChI is InChI=1S/C23H25F2N5OS/c1-3-30-22(16-8-6-7-15(2)11-16)27-28-23(30)32-14-20(31)26-17-12-18(24)21(19(25)13-17)29-9-4-5-10-29/h6-8,11-13H,3-5,9-10,14H2,1-2H3,(H,26,31). The van der Waals surface area contributed by atoms with Crippen molar-refractivity contribution in [1.82, 2.24) is 14.8 Å². The van der Waals surface area contributed by atoms with Gasteiger partial charge in [-0.3, -0.25) is 4.79 Å². The summed E-state index contributed by atoms with van der Waals surface area (Å²) in [6, 6.07) is 10.3. The summed E-state index contributed by atoms with van der Waals surface area (Å²) in [4.78, 5) is 14.1. The first-order chi connectivity index (χ1) is 15.5. The molecule has 0 bridgehead atoms. The van der Waals surface area contributed by atoms with Gasteiger partial charge in [0.25, 0.3) is 0 Å². The lowest BCUT2D eigenvalue weighted by molar-refractivity contribution is -0.113. The molecule has 1 saturated heterocycles. The molecule has 0 aliphatic carbocycles. The molecule has 4 rings (SSSR count). The molecular formula is C23H25F2N5OS. The van der Waals surface area contributed by atoms with Gasteiger partial charge < -0.3 is 14.8 Å². The second kappa shape index (κ2) is 9.68. The molecule has 0 unspecified atom stereocenters. The largest absolute Gasteiger partial charge is 0.367 e. The minimum atomic E-state index is -0.664. The zero-order valence-corrected chi connectivity index (χ0v) is 18.9. The Kier molecular flexibility index (Phi) is 6.74. The van der Waals surface area contributed by atoms with Crippen LogP contribution in [-0.4, -0.2) is 39.5 Å². The van der Waals surface area contributed by atoms with Gasteiger partial charge in [-0.05, 0) is 44.9 Å². The zero-order chi connectivity index (χ0) is 22.7. The highest BCUT2D eigenvalue weighted by Crippen LogP contribution is 2.30.